The smallest absolute Gasteiger partial charge is 0.255 e. The van der Waals surface area contributed by atoms with Gasteiger partial charge in [-0.15, -0.1) is 11.8 Å². The maximum atomic E-state index is 13.3. The van der Waals surface area contributed by atoms with E-state index in [0.717, 1.165) is 16.0 Å². The fraction of sp³-hybridized carbons (Fsp3) is 0.0714. The van der Waals surface area contributed by atoms with Crippen LogP contribution in [-0.4, -0.2) is 11.8 Å². The van der Waals surface area contributed by atoms with Crippen LogP contribution in [0, 0.1) is 6.92 Å². The molecule has 2 N–H and O–H groups in total. The molecule has 7 heteroatoms. The SMILES string of the molecule is Cc1cccc(C(=O)Nc2cccc(SC(C(=O)Nc3ccc(Cl)cc3Cl)c3ccccc3)c2)c1. The van der Waals surface area contributed by atoms with Gasteiger partial charge < -0.3 is 10.6 Å². The van der Waals surface area contributed by atoms with Crippen molar-refractivity contribution in [1.82, 2.24) is 0 Å². The minimum absolute atomic E-state index is 0.189. The van der Waals surface area contributed by atoms with Gasteiger partial charge >= 0.3 is 0 Å². The first kappa shape index (κ1) is 24.9. The highest BCUT2D eigenvalue weighted by atomic mass is 35.5. The van der Waals surface area contributed by atoms with E-state index in [-0.39, 0.29) is 11.8 Å². The van der Waals surface area contributed by atoms with E-state index in [0.29, 0.717) is 27.0 Å². The van der Waals surface area contributed by atoms with Crippen molar-refractivity contribution in [3.8, 4) is 0 Å². The molecule has 0 aromatic heterocycles. The van der Waals surface area contributed by atoms with Gasteiger partial charge in [0.05, 0.1) is 10.7 Å². The molecule has 0 aliphatic rings. The van der Waals surface area contributed by atoms with Crippen LogP contribution in [0.3, 0.4) is 0 Å². The second kappa shape index (κ2) is 11.5. The number of carbonyl (C=O) groups excluding carboxylic acids is 2. The number of thioether (sulfide) groups is 1. The Morgan fingerprint density at radius 1 is 0.800 bits per heavy atom. The first-order chi connectivity index (χ1) is 16.9. The minimum atomic E-state index is -0.550. The molecule has 0 fully saturated rings. The molecule has 0 spiro atoms. The molecule has 35 heavy (non-hydrogen) atoms. The second-order valence-electron chi connectivity index (χ2n) is 7.87. The van der Waals surface area contributed by atoms with E-state index in [4.69, 9.17) is 23.2 Å². The molecule has 0 saturated carbocycles. The summed E-state index contributed by atoms with van der Waals surface area (Å²) in [5.74, 6) is -0.412. The normalized spacial score (nSPS) is 11.5. The fourth-order valence-corrected chi connectivity index (χ4v) is 5.00. The van der Waals surface area contributed by atoms with E-state index in [1.807, 2.05) is 79.7 Å². The Kier molecular flexibility index (Phi) is 8.13. The molecular weight excluding hydrogens is 499 g/mol. The summed E-state index contributed by atoms with van der Waals surface area (Å²) in [4.78, 5) is 26.9. The predicted octanol–water partition coefficient (Wildman–Crippen LogP) is 8.03. The average Bonchev–Trinajstić information content (AvgIpc) is 2.85. The van der Waals surface area contributed by atoms with Crippen molar-refractivity contribution >= 4 is 58.2 Å². The number of hydrogen-bond donors (Lipinski definition) is 2. The summed E-state index contributed by atoms with van der Waals surface area (Å²) in [6.45, 7) is 1.94. The van der Waals surface area contributed by atoms with Crippen LogP contribution in [0.1, 0.15) is 26.7 Å². The first-order valence-electron chi connectivity index (χ1n) is 10.8. The van der Waals surface area contributed by atoms with Gasteiger partial charge in [-0.3, -0.25) is 9.59 Å². The Morgan fingerprint density at radius 2 is 1.57 bits per heavy atom. The third-order valence-electron chi connectivity index (χ3n) is 5.16. The molecule has 1 unspecified atom stereocenters. The summed E-state index contributed by atoms with van der Waals surface area (Å²) in [6.07, 6.45) is 0. The van der Waals surface area contributed by atoms with Crippen LogP contribution in [-0.2, 0) is 4.79 Å². The van der Waals surface area contributed by atoms with Gasteiger partial charge in [0.1, 0.15) is 5.25 Å². The average molecular weight is 521 g/mol. The van der Waals surface area contributed by atoms with Crippen LogP contribution < -0.4 is 10.6 Å². The molecule has 176 valence electrons. The number of amides is 2. The number of benzene rings is 4. The van der Waals surface area contributed by atoms with Crippen molar-refractivity contribution in [1.29, 1.82) is 0 Å². The standard InChI is InChI=1S/C28H22Cl2N2O2S/c1-18-7-5-10-20(15-18)27(33)31-22-11-6-12-23(17-22)35-26(19-8-3-2-4-9-19)28(34)32-25-14-13-21(29)16-24(25)30/h2-17,26H,1H3,(H,31,33)(H,32,34). The quantitative estimate of drug-likeness (QED) is 0.242. The summed E-state index contributed by atoms with van der Waals surface area (Å²) in [6, 6.07) is 29.3. The summed E-state index contributed by atoms with van der Waals surface area (Å²) < 4.78 is 0. The molecule has 1 atom stereocenters. The van der Waals surface area contributed by atoms with Crippen molar-refractivity contribution < 1.29 is 9.59 Å². The summed E-state index contributed by atoms with van der Waals surface area (Å²) in [7, 11) is 0. The third kappa shape index (κ3) is 6.67. The number of anilines is 2. The monoisotopic (exact) mass is 520 g/mol. The predicted molar refractivity (Wildman–Crippen MR) is 146 cm³/mol. The van der Waals surface area contributed by atoms with Crippen LogP contribution >= 0.6 is 35.0 Å². The zero-order valence-corrected chi connectivity index (χ0v) is 21.1. The Balaban J connectivity index is 1.55. The van der Waals surface area contributed by atoms with Gasteiger partial charge in [-0.25, -0.2) is 0 Å². The van der Waals surface area contributed by atoms with E-state index in [1.54, 1.807) is 24.3 Å². The Morgan fingerprint density at radius 3 is 2.31 bits per heavy atom. The highest BCUT2D eigenvalue weighted by Gasteiger charge is 2.23. The number of rotatable bonds is 7. The minimum Gasteiger partial charge on any atom is -0.323 e. The zero-order valence-electron chi connectivity index (χ0n) is 18.8. The van der Waals surface area contributed by atoms with Crippen LogP contribution in [0.4, 0.5) is 11.4 Å². The first-order valence-corrected chi connectivity index (χ1v) is 12.5. The molecule has 2 amide bonds. The van der Waals surface area contributed by atoms with E-state index < -0.39 is 5.25 Å². The Hall–Kier alpha value is -3.25. The molecular formula is C28H22Cl2N2O2S. The molecule has 4 aromatic carbocycles. The summed E-state index contributed by atoms with van der Waals surface area (Å²) in [5, 5.41) is 6.15. The molecule has 4 rings (SSSR count). The van der Waals surface area contributed by atoms with Crippen molar-refractivity contribution in [2.45, 2.75) is 17.1 Å². The number of carbonyl (C=O) groups is 2. The largest absolute Gasteiger partial charge is 0.323 e. The molecule has 4 nitrogen and oxygen atoms in total. The van der Waals surface area contributed by atoms with Crippen LogP contribution in [0.15, 0.2) is 102 Å². The van der Waals surface area contributed by atoms with Crippen LogP contribution in [0.5, 0.6) is 0 Å². The zero-order chi connectivity index (χ0) is 24.8. The number of aryl methyl sites for hydroxylation is 1. The van der Waals surface area contributed by atoms with Crippen LogP contribution in [0.25, 0.3) is 0 Å². The maximum absolute atomic E-state index is 13.3. The molecule has 0 radical (unpaired) electrons. The number of hydrogen-bond acceptors (Lipinski definition) is 3. The molecule has 0 aliphatic carbocycles. The van der Waals surface area contributed by atoms with E-state index in [2.05, 4.69) is 10.6 Å². The van der Waals surface area contributed by atoms with E-state index >= 15 is 0 Å². The topological polar surface area (TPSA) is 58.2 Å². The number of nitrogens with one attached hydrogen (secondary N) is 2. The molecule has 0 heterocycles. The molecule has 0 saturated heterocycles. The van der Waals surface area contributed by atoms with Gasteiger partial charge in [0.15, 0.2) is 0 Å². The highest BCUT2D eigenvalue weighted by Crippen LogP contribution is 2.38. The second-order valence-corrected chi connectivity index (χ2v) is 9.90. The summed E-state index contributed by atoms with van der Waals surface area (Å²) in [5.41, 5.74) is 3.58. The summed E-state index contributed by atoms with van der Waals surface area (Å²) >= 11 is 13.6. The lowest BCUT2D eigenvalue weighted by Gasteiger charge is -2.18. The van der Waals surface area contributed by atoms with Crippen molar-refractivity contribution in [3.63, 3.8) is 0 Å². The van der Waals surface area contributed by atoms with Gasteiger partial charge in [0.25, 0.3) is 5.91 Å². The molecule has 4 aromatic rings. The van der Waals surface area contributed by atoms with Crippen molar-refractivity contribution in [3.05, 3.63) is 124 Å². The number of halogens is 2. The van der Waals surface area contributed by atoms with E-state index in [9.17, 15) is 9.59 Å². The van der Waals surface area contributed by atoms with Gasteiger partial charge in [0.2, 0.25) is 5.91 Å². The maximum Gasteiger partial charge on any atom is 0.255 e. The highest BCUT2D eigenvalue weighted by molar-refractivity contribution is 8.00. The van der Waals surface area contributed by atoms with Crippen molar-refractivity contribution in [2.24, 2.45) is 0 Å². The third-order valence-corrected chi connectivity index (χ3v) is 6.95. The van der Waals surface area contributed by atoms with Gasteiger partial charge in [-0.1, -0.05) is 77.3 Å². The van der Waals surface area contributed by atoms with Gasteiger partial charge in [-0.2, -0.15) is 0 Å². The fourth-order valence-electron chi connectivity index (χ4n) is 3.46. The Bertz CT molecular complexity index is 1360. The van der Waals surface area contributed by atoms with Gasteiger partial charge in [0, 0.05) is 21.2 Å². The van der Waals surface area contributed by atoms with Crippen LogP contribution in [0.2, 0.25) is 10.0 Å². The Labute approximate surface area is 218 Å². The van der Waals surface area contributed by atoms with Crippen molar-refractivity contribution in [2.75, 3.05) is 10.6 Å². The molecule has 0 aliphatic heterocycles. The lowest BCUT2D eigenvalue weighted by atomic mass is 10.1. The lowest BCUT2D eigenvalue weighted by Crippen LogP contribution is -2.19. The molecule has 0 bridgehead atoms. The van der Waals surface area contributed by atoms with Gasteiger partial charge in [-0.05, 0) is 61.0 Å². The van der Waals surface area contributed by atoms with E-state index in [1.165, 1.54) is 11.8 Å². The lowest BCUT2D eigenvalue weighted by molar-refractivity contribution is -0.115.